The zero-order valence-electron chi connectivity index (χ0n) is 24.1. The summed E-state index contributed by atoms with van der Waals surface area (Å²) in [6.45, 7) is 10.6. The van der Waals surface area contributed by atoms with Crippen LogP contribution in [0, 0.1) is 6.92 Å². The lowest BCUT2D eigenvalue weighted by molar-refractivity contribution is -0.149. The molecule has 0 aliphatic carbocycles. The summed E-state index contributed by atoms with van der Waals surface area (Å²) in [5.74, 6) is 0.573. The summed E-state index contributed by atoms with van der Waals surface area (Å²) >= 11 is 0. The zero-order valence-corrected chi connectivity index (χ0v) is 24.1. The average molecular weight is 572 g/mol. The van der Waals surface area contributed by atoms with Crippen LogP contribution >= 0.6 is 0 Å². The van der Waals surface area contributed by atoms with Crippen molar-refractivity contribution in [3.63, 3.8) is 0 Å². The van der Waals surface area contributed by atoms with E-state index in [1.54, 1.807) is 11.1 Å². The van der Waals surface area contributed by atoms with Crippen molar-refractivity contribution < 1.29 is 27.5 Å². The molecule has 3 aromatic heterocycles. The molecule has 0 radical (unpaired) electrons. The van der Waals surface area contributed by atoms with E-state index in [4.69, 9.17) is 4.74 Å². The number of alkyl halides is 3. The van der Waals surface area contributed by atoms with Crippen LogP contribution in [0.5, 0.6) is 0 Å². The Bertz CT molecular complexity index is 1470. The van der Waals surface area contributed by atoms with E-state index < -0.39 is 24.4 Å². The summed E-state index contributed by atoms with van der Waals surface area (Å²) in [5, 5.41) is 0. The fourth-order valence-corrected chi connectivity index (χ4v) is 6.02. The monoisotopic (exact) mass is 571 g/mol. The van der Waals surface area contributed by atoms with Crippen LogP contribution in [0.1, 0.15) is 60.9 Å². The van der Waals surface area contributed by atoms with Gasteiger partial charge >= 0.3 is 12.3 Å². The van der Waals surface area contributed by atoms with Crippen molar-refractivity contribution in [3.05, 3.63) is 53.0 Å². The van der Waals surface area contributed by atoms with Crippen LogP contribution in [0.15, 0.2) is 30.6 Å². The zero-order chi connectivity index (χ0) is 29.7. The number of hydrogen-bond donors (Lipinski definition) is 0. The van der Waals surface area contributed by atoms with Gasteiger partial charge in [-0.2, -0.15) is 13.2 Å². The molecule has 11 heteroatoms. The molecule has 8 nitrogen and oxygen atoms in total. The number of aldehydes is 1. The van der Waals surface area contributed by atoms with Crippen LogP contribution in [-0.2, 0) is 11.2 Å². The molecule has 0 N–H and O–H groups in total. The number of anilines is 1. The molecule has 1 saturated heterocycles. The number of carbonyl (C=O) groups excluding carboxylic acids is 2. The molecular weight excluding hydrogens is 535 g/mol. The maximum absolute atomic E-state index is 12.9. The number of amides is 1. The second kappa shape index (κ2) is 10.8. The Kier molecular flexibility index (Phi) is 7.63. The van der Waals surface area contributed by atoms with Crippen molar-refractivity contribution in [2.45, 2.75) is 58.9 Å². The minimum absolute atomic E-state index is 0.128. The largest absolute Gasteiger partial charge is 0.443 e. The molecular formula is C30H36F3N5O3. The fourth-order valence-electron chi connectivity index (χ4n) is 6.02. The molecule has 1 fully saturated rings. The van der Waals surface area contributed by atoms with Gasteiger partial charge < -0.3 is 9.14 Å². The number of aromatic nitrogens is 2. The van der Waals surface area contributed by atoms with Crippen LogP contribution in [0.25, 0.3) is 16.6 Å². The first-order valence-electron chi connectivity index (χ1n) is 13.9. The fraction of sp³-hybridized carbons (Fsp3) is 0.500. The van der Waals surface area contributed by atoms with Gasteiger partial charge in [0.1, 0.15) is 17.7 Å². The highest BCUT2D eigenvalue weighted by molar-refractivity contribution is 5.94. The Morgan fingerprint density at radius 2 is 1.80 bits per heavy atom. The first kappa shape index (κ1) is 29.1. The molecule has 2 aliphatic rings. The number of carbonyl (C=O) groups is 2. The molecule has 0 bridgehead atoms. The van der Waals surface area contributed by atoms with Gasteiger partial charge in [-0.25, -0.2) is 9.78 Å². The van der Waals surface area contributed by atoms with Crippen LogP contribution in [0.2, 0.25) is 0 Å². The van der Waals surface area contributed by atoms with Gasteiger partial charge in [0.2, 0.25) is 0 Å². The molecule has 41 heavy (non-hydrogen) atoms. The number of rotatable bonds is 5. The lowest BCUT2D eigenvalue weighted by atomic mass is 9.98. The van der Waals surface area contributed by atoms with Crippen LogP contribution in [-0.4, -0.2) is 82.6 Å². The molecule has 5 rings (SSSR count). The first-order valence-corrected chi connectivity index (χ1v) is 13.9. The van der Waals surface area contributed by atoms with Crippen molar-refractivity contribution in [2.75, 3.05) is 44.2 Å². The quantitative estimate of drug-likeness (QED) is 0.368. The molecule has 1 unspecified atom stereocenters. The summed E-state index contributed by atoms with van der Waals surface area (Å²) < 4.78 is 46.4. The van der Waals surface area contributed by atoms with Gasteiger partial charge in [0.25, 0.3) is 0 Å². The SMILES string of the molecule is Cc1c(C=O)cc2c(-c3ccnc4c3CCN4C(=O)OC(C)(C)C)ccn2c1C(C)N1CCN(CC(F)(F)F)CC1. The molecule has 3 aromatic rings. The second-order valence-corrected chi connectivity index (χ2v) is 11.9. The van der Waals surface area contributed by atoms with Crippen LogP contribution in [0.4, 0.5) is 23.8 Å². The molecule has 0 spiro atoms. The summed E-state index contributed by atoms with van der Waals surface area (Å²) in [6.07, 6.45) is 0.475. The van der Waals surface area contributed by atoms with Gasteiger partial charge in [0, 0.05) is 73.5 Å². The molecule has 0 saturated carbocycles. The third-order valence-electron chi connectivity index (χ3n) is 7.95. The van der Waals surface area contributed by atoms with Crippen molar-refractivity contribution in [1.29, 1.82) is 0 Å². The predicted molar refractivity (Wildman–Crippen MR) is 151 cm³/mol. The number of hydrogen-bond acceptors (Lipinski definition) is 6. The smallest absolute Gasteiger partial charge is 0.416 e. The van der Waals surface area contributed by atoms with Crippen LogP contribution in [0.3, 0.4) is 0 Å². The Morgan fingerprint density at radius 3 is 2.44 bits per heavy atom. The van der Waals surface area contributed by atoms with E-state index in [1.165, 1.54) is 4.90 Å². The van der Waals surface area contributed by atoms with Crippen molar-refractivity contribution >= 4 is 23.7 Å². The molecule has 5 heterocycles. The highest BCUT2D eigenvalue weighted by Gasteiger charge is 2.35. The number of piperazine rings is 1. The van der Waals surface area contributed by atoms with Gasteiger partial charge in [-0.15, -0.1) is 0 Å². The highest BCUT2D eigenvalue weighted by atomic mass is 19.4. The van der Waals surface area contributed by atoms with E-state index in [1.807, 2.05) is 59.0 Å². The molecule has 0 aromatic carbocycles. The summed E-state index contributed by atoms with van der Waals surface area (Å²) in [6, 6.07) is 5.68. The number of fused-ring (bicyclic) bond motifs is 2. The average Bonchev–Trinajstić information content (AvgIpc) is 3.51. The van der Waals surface area contributed by atoms with E-state index in [9.17, 15) is 22.8 Å². The molecule has 1 amide bonds. The van der Waals surface area contributed by atoms with E-state index in [-0.39, 0.29) is 6.04 Å². The number of pyridine rings is 2. The van der Waals surface area contributed by atoms with E-state index in [0.29, 0.717) is 50.5 Å². The minimum atomic E-state index is -4.21. The second-order valence-electron chi connectivity index (χ2n) is 11.9. The maximum Gasteiger partial charge on any atom is 0.416 e. The molecule has 2 aliphatic heterocycles. The van der Waals surface area contributed by atoms with E-state index in [0.717, 1.165) is 39.8 Å². The van der Waals surface area contributed by atoms with Crippen LogP contribution < -0.4 is 4.90 Å². The Labute approximate surface area is 237 Å². The Hall–Kier alpha value is -3.44. The van der Waals surface area contributed by atoms with Gasteiger partial charge in [0.15, 0.2) is 0 Å². The molecule has 1 atom stereocenters. The first-order chi connectivity index (χ1) is 19.3. The Balaban J connectivity index is 1.50. The number of halogens is 3. The Morgan fingerprint density at radius 1 is 1.10 bits per heavy atom. The van der Waals surface area contributed by atoms with Gasteiger partial charge in [-0.3, -0.25) is 19.5 Å². The lowest BCUT2D eigenvalue weighted by Gasteiger charge is -2.39. The molecule has 220 valence electrons. The normalized spacial score (nSPS) is 17.6. The van der Waals surface area contributed by atoms with Gasteiger partial charge in [-0.05, 0) is 70.4 Å². The standard InChI is InChI=1S/C30H36F3N5O3/c1-19-21(17-39)16-25-23(22-6-9-34-27-24(22)8-11-38(27)28(40)41-29(3,4)5)7-10-37(25)26(19)20(2)36-14-12-35(13-15-36)18-30(31,32)33/h6-7,9-10,16-17,20H,8,11-15,18H2,1-5H3. The van der Waals surface area contributed by atoms with E-state index >= 15 is 0 Å². The lowest BCUT2D eigenvalue weighted by Crippen LogP contribution is -2.49. The minimum Gasteiger partial charge on any atom is -0.443 e. The van der Waals surface area contributed by atoms with Crippen molar-refractivity contribution in [1.82, 2.24) is 19.2 Å². The number of ether oxygens (including phenoxy) is 1. The maximum atomic E-state index is 12.9. The van der Waals surface area contributed by atoms with E-state index in [2.05, 4.69) is 14.3 Å². The third-order valence-corrected chi connectivity index (χ3v) is 7.95. The summed E-state index contributed by atoms with van der Waals surface area (Å²) in [4.78, 5) is 34.7. The topological polar surface area (TPSA) is 70.4 Å². The van der Waals surface area contributed by atoms with Gasteiger partial charge in [0.05, 0.1) is 12.1 Å². The van der Waals surface area contributed by atoms with Crippen molar-refractivity contribution in [2.24, 2.45) is 0 Å². The summed E-state index contributed by atoms with van der Waals surface area (Å²) in [7, 11) is 0. The highest BCUT2D eigenvalue weighted by Crippen LogP contribution is 2.39. The third kappa shape index (κ3) is 5.83. The number of nitrogens with zero attached hydrogens (tertiary/aromatic N) is 5. The summed E-state index contributed by atoms with van der Waals surface area (Å²) in [5.41, 5.74) is 5.35. The van der Waals surface area contributed by atoms with Crippen molar-refractivity contribution in [3.8, 4) is 11.1 Å². The predicted octanol–water partition coefficient (Wildman–Crippen LogP) is 5.66. The van der Waals surface area contributed by atoms with Gasteiger partial charge in [-0.1, -0.05) is 0 Å².